The van der Waals surface area contributed by atoms with Gasteiger partial charge in [0.15, 0.2) is 5.96 Å². The number of aliphatic imine (C=N–C) groups is 1. The zero-order valence-electron chi connectivity index (χ0n) is 14.4. The number of guanidine groups is 1. The normalized spacial score (nSPS) is 18.9. The van der Waals surface area contributed by atoms with Crippen LogP contribution < -0.4 is 5.32 Å². The highest BCUT2D eigenvalue weighted by atomic mass is 127. The first kappa shape index (κ1) is 23.8. The van der Waals surface area contributed by atoms with E-state index in [2.05, 4.69) is 10.3 Å². The molecule has 1 saturated heterocycles. The van der Waals surface area contributed by atoms with Crippen molar-refractivity contribution in [1.82, 2.24) is 10.2 Å². The largest absolute Gasteiger partial charge is 0.416 e. The second-order valence-corrected chi connectivity index (χ2v) is 5.77. The molecule has 0 aromatic heterocycles. The Morgan fingerprint density at radius 3 is 2.56 bits per heavy atom. The van der Waals surface area contributed by atoms with E-state index in [0.717, 1.165) is 12.1 Å². The Morgan fingerprint density at radius 2 is 1.96 bits per heavy atom. The fraction of sp³-hybridized carbons (Fsp3) is 0.562. The minimum absolute atomic E-state index is 0. The summed E-state index contributed by atoms with van der Waals surface area (Å²) in [5, 5.41) is 2.62. The van der Waals surface area contributed by atoms with Crippen LogP contribution in [0.25, 0.3) is 0 Å². The molecule has 0 saturated carbocycles. The summed E-state index contributed by atoms with van der Waals surface area (Å²) in [7, 11) is 1.44. The van der Waals surface area contributed by atoms with Gasteiger partial charge in [0.25, 0.3) is 0 Å². The minimum Gasteiger partial charge on any atom is -0.370 e. The molecule has 1 aliphatic rings. The van der Waals surface area contributed by atoms with Gasteiger partial charge < -0.3 is 15.0 Å². The van der Waals surface area contributed by atoms with Crippen molar-refractivity contribution < 1.29 is 31.1 Å². The number of nitrogens with one attached hydrogen (secondary N) is 1. The highest BCUT2D eigenvalue weighted by Gasteiger charge is 2.32. The maximum absolute atomic E-state index is 12.9. The zero-order valence-corrected chi connectivity index (χ0v) is 16.7. The van der Waals surface area contributed by atoms with Crippen LogP contribution in [0.1, 0.15) is 23.7 Å². The molecule has 1 heterocycles. The maximum atomic E-state index is 12.9. The molecule has 1 N–H and O–H groups in total. The smallest absolute Gasteiger partial charge is 0.370 e. The van der Waals surface area contributed by atoms with Gasteiger partial charge in [0.2, 0.25) is 0 Å². The number of alkyl halides is 6. The predicted octanol–water partition coefficient (Wildman–Crippen LogP) is 4.22. The number of benzene rings is 1. The van der Waals surface area contributed by atoms with Crippen LogP contribution in [0.15, 0.2) is 29.3 Å². The summed E-state index contributed by atoms with van der Waals surface area (Å²) in [5.41, 5.74) is -0.418. The topological polar surface area (TPSA) is 36.9 Å². The van der Waals surface area contributed by atoms with E-state index in [1.807, 2.05) is 0 Å². The van der Waals surface area contributed by atoms with Crippen LogP contribution in [0.5, 0.6) is 0 Å². The van der Waals surface area contributed by atoms with Crippen molar-refractivity contribution in [1.29, 1.82) is 0 Å². The van der Waals surface area contributed by atoms with E-state index in [4.69, 9.17) is 4.74 Å². The number of hydrogen-bond acceptors (Lipinski definition) is 2. The van der Waals surface area contributed by atoms with Crippen molar-refractivity contribution in [3.63, 3.8) is 0 Å². The lowest BCUT2D eigenvalue weighted by Crippen LogP contribution is -2.48. The maximum Gasteiger partial charge on any atom is 0.416 e. The van der Waals surface area contributed by atoms with Gasteiger partial charge in [-0.15, -0.1) is 24.0 Å². The van der Waals surface area contributed by atoms with E-state index < -0.39 is 30.4 Å². The van der Waals surface area contributed by atoms with Gasteiger partial charge in [-0.25, -0.2) is 0 Å². The van der Waals surface area contributed by atoms with E-state index in [1.54, 1.807) is 4.90 Å². The molecule has 1 fully saturated rings. The van der Waals surface area contributed by atoms with Crippen LogP contribution in [0, 0.1) is 0 Å². The first-order valence-electron chi connectivity index (χ1n) is 7.91. The van der Waals surface area contributed by atoms with Gasteiger partial charge in [0.1, 0.15) is 6.10 Å². The second kappa shape index (κ2) is 9.80. The molecule has 27 heavy (non-hydrogen) atoms. The highest BCUT2D eigenvalue weighted by Crippen LogP contribution is 2.32. The number of ether oxygens (including phenoxy) is 1. The van der Waals surface area contributed by atoms with E-state index in [9.17, 15) is 26.3 Å². The van der Waals surface area contributed by atoms with E-state index in [-0.39, 0.29) is 49.6 Å². The summed E-state index contributed by atoms with van der Waals surface area (Å²) in [6.45, 7) is 0.455. The molecule has 0 spiro atoms. The van der Waals surface area contributed by atoms with Crippen LogP contribution in [0.4, 0.5) is 26.3 Å². The monoisotopic (exact) mass is 511 g/mol. The molecule has 1 aliphatic heterocycles. The molecule has 1 aromatic rings. The average Bonchev–Trinajstić information content (AvgIpc) is 2.57. The van der Waals surface area contributed by atoms with Crippen LogP contribution in [-0.2, 0) is 10.9 Å². The number of morpholine rings is 1. The molecule has 2 rings (SSSR count). The quantitative estimate of drug-likeness (QED) is 0.286. The van der Waals surface area contributed by atoms with Crippen LogP contribution in [-0.4, -0.2) is 50.3 Å². The molecular weight excluding hydrogens is 491 g/mol. The first-order valence-corrected chi connectivity index (χ1v) is 7.91. The lowest BCUT2D eigenvalue weighted by molar-refractivity contribution is -0.137. The van der Waals surface area contributed by atoms with Crippen molar-refractivity contribution in [2.45, 2.75) is 24.9 Å². The molecule has 0 radical (unpaired) electrons. The van der Waals surface area contributed by atoms with Gasteiger partial charge in [-0.2, -0.15) is 26.3 Å². The van der Waals surface area contributed by atoms with Crippen LogP contribution >= 0.6 is 24.0 Å². The molecule has 1 unspecified atom stereocenters. The Bertz CT molecular complexity index is 635. The first-order chi connectivity index (χ1) is 12.1. The van der Waals surface area contributed by atoms with E-state index >= 15 is 0 Å². The Morgan fingerprint density at radius 1 is 1.26 bits per heavy atom. The average molecular weight is 511 g/mol. The fourth-order valence-corrected chi connectivity index (χ4v) is 2.61. The third-order valence-corrected chi connectivity index (χ3v) is 3.86. The van der Waals surface area contributed by atoms with Crippen LogP contribution in [0.3, 0.4) is 0 Å². The Balaban J connectivity index is 0.00000364. The van der Waals surface area contributed by atoms with Crippen molar-refractivity contribution in [3.05, 3.63) is 35.4 Å². The minimum atomic E-state index is -4.46. The van der Waals surface area contributed by atoms with Gasteiger partial charge in [0, 0.05) is 20.1 Å². The highest BCUT2D eigenvalue weighted by molar-refractivity contribution is 14.0. The molecule has 1 aromatic carbocycles. The van der Waals surface area contributed by atoms with E-state index in [1.165, 1.54) is 19.2 Å². The molecule has 154 valence electrons. The second-order valence-electron chi connectivity index (χ2n) is 5.77. The van der Waals surface area contributed by atoms with Gasteiger partial charge >= 0.3 is 12.4 Å². The third-order valence-electron chi connectivity index (χ3n) is 3.86. The summed E-state index contributed by atoms with van der Waals surface area (Å²) in [5.74, 6) is 0.259. The lowest BCUT2D eigenvalue weighted by Gasteiger charge is -2.35. The lowest BCUT2D eigenvalue weighted by atomic mass is 10.0. The number of rotatable bonds is 3. The fourth-order valence-electron chi connectivity index (χ4n) is 2.61. The van der Waals surface area contributed by atoms with Crippen molar-refractivity contribution in [3.8, 4) is 0 Å². The number of halogens is 7. The summed E-state index contributed by atoms with van der Waals surface area (Å²) < 4.78 is 80.9. The Kier molecular flexibility index (Phi) is 8.64. The summed E-state index contributed by atoms with van der Waals surface area (Å²) in [6, 6.07) is 4.83. The third kappa shape index (κ3) is 7.35. The number of nitrogens with zero attached hydrogens (tertiary/aromatic N) is 2. The molecule has 1 atom stereocenters. The number of hydrogen-bond donors (Lipinski definition) is 1. The molecule has 0 aliphatic carbocycles. The van der Waals surface area contributed by atoms with Gasteiger partial charge in [-0.3, -0.25) is 4.99 Å². The molecule has 0 amide bonds. The predicted molar refractivity (Wildman–Crippen MR) is 99.2 cm³/mol. The molecule has 11 heteroatoms. The van der Waals surface area contributed by atoms with Crippen LogP contribution in [0.2, 0.25) is 0 Å². The zero-order chi connectivity index (χ0) is 19.4. The summed E-state index contributed by atoms with van der Waals surface area (Å²) in [6.07, 6.45) is -10.4. The Hall–Kier alpha value is -1.24. The van der Waals surface area contributed by atoms with Gasteiger partial charge in [-0.1, -0.05) is 12.1 Å². The van der Waals surface area contributed by atoms with Gasteiger partial charge in [-0.05, 0) is 17.7 Å². The Labute approximate surface area is 170 Å². The van der Waals surface area contributed by atoms with Crippen molar-refractivity contribution >= 4 is 29.9 Å². The van der Waals surface area contributed by atoms with E-state index in [0.29, 0.717) is 12.1 Å². The van der Waals surface area contributed by atoms with Crippen molar-refractivity contribution in [2.24, 2.45) is 4.99 Å². The van der Waals surface area contributed by atoms with Crippen molar-refractivity contribution in [2.75, 3.05) is 33.3 Å². The standard InChI is InChI=1S/C16H19F6N3O.HI/c1-23-14(24-6-5-15(17,18)19)25-7-8-26-13(10-25)11-3-2-4-12(9-11)16(20,21)22;/h2-4,9,13H,5-8,10H2,1H3,(H,23,24);1H. The molecule has 0 bridgehead atoms. The van der Waals surface area contributed by atoms with Gasteiger partial charge in [0.05, 0.1) is 25.1 Å². The summed E-state index contributed by atoms with van der Waals surface area (Å²) in [4.78, 5) is 5.62. The SMILES string of the molecule is CN=C(NCCC(F)(F)F)N1CCOC(c2cccc(C(F)(F)F)c2)C1.I. The molecule has 4 nitrogen and oxygen atoms in total. The summed E-state index contributed by atoms with van der Waals surface area (Å²) >= 11 is 0. The molecular formula is C16H20F6IN3O.